The minimum Gasteiger partial charge on any atom is -0.477 e. The lowest BCUT2D eigenvalue weighted by Crippen LogP contribution is -2.60. The second-order valence-corrected chi connectivity index (χ2v) is 10.2. The number of hydrogen-bond acceptors (Lipinski definition) is 8. The molecule has 214 valence electrons. The summed E-state index contributed by atoms with van der Waals surface area (Å²) in [5, 5.41) is 13.2. The third-order valence-corrected chi connectivity index (χ3v) is 6.46. The molecule has 0 aliphatic carbocycles. The van der Waals surface area contributed by atoms with Crippen LogP contribution >= 0.6 is 0 Å². The largest absolute Gasteiger partial charge is 0.477 e. The van der Waals surface area contributed by atoms with Gasteiger partial charge in [0.15, 0.2) is 11.5 Å². The van der Waals surface area contributed by atoms with Crippen molar-refractivity contribution in [2.75, 3.05) is 0 Å². The minimum atomic E-state index is -2.06. The molecule has 0 radical (unpaired) electrons. The quantitative estimate of drug-likeness (QED) is 0.152. The maximum Gasteiger partial charge on any atom is 0.364 e. The van der Waals surface area contributed by atoms with E-state index in [4.69, 9.17) is 14.2 Å². The lowest BCUT2D eigenvalue weighted by atomic mass is 9.97. The van der Waals surface area contributed by atoms with Gasteiger partial charge in [-0.1, -0.05) is 60.5 Å². The van der Waals surface area contributed by atoms with E-state index in [-0.39, 0.29) is 42.7 Å². The summed E-state index contributed by atoms with van der Waals surface area (Å²) >= 11 is 0. The van der Waals surface area contributed by atoms with Crippen LogP contribution in [0, 0.1) is 11.8 Å². The summed E-state index contributed by atoms with van der Waals surface area (Å²) in [7, 11) is 0. The number of hydrogen-bond donors (Lipinski definition) is 2. The molecule has 0 heterocycles. The number of benzene rings is 1. The van der Waals surface area contributed by atoms with Crippen LogP contribution in [0.3, 0.4) is 0 Å². The molecule has 0 saturated carbocycles. The fraction of sp³-hybridized carbons (Fsp3) is 0.655. The molecule has 0 saturated heterocycles. The van der Waals surface area contributed by atoms with Gasteiger partial charge >= 0.3 is 23.9 Å². The Bertz CT molecular complexity index is 945. The zero-order valence-electron chi connectivity index (χ0n) is 23.9. The number of rotatable bonds is 17. The van der Waals surface area contributed by atoms with Crippen molar-refractivity contribution in [1.82, 2.24) is 5.32 Å². The van der Waals surface area contributed by atoms with Crippen molar-refractivity contribution in [2.24, 2.45) is 11.8 Å². The van der Waals surface area contributed by atoms with Gasteiger partial charge in [-0.2, -0.15) is 0 Å². The number of unbranched alkanes of at least 4 members (excludes halogenated alkanes) is 2. The van der Waals surface area contributed by atoms with Crippen LogP contribution in [-0.4, -0.2) is 40.8 Å². The minimum absolute atomic E-state index is 0.0122. The number of nitrogens with one attached hydrogen (secondary N) is 1. The van der Waals surface area contributed by atoms with Crippen molar-refractivity contribution in [3.63, 3.8) is 0 Å². The van der Waals surface area contributed by atoms with Gasteiger partial charge in [-0.3, -0.25) is 19.7 Å². The normalized spacial score (nSPS) is 14.3. The van der Waals surface area contributed by atoms with Gasteiger partial charge in [0.1, 0.15) is 0 Å². The molecule has 2 N–H and O–H groups in total. The van der Waals surface area contributed by atoms with Gasteiger partial charge in [0.05, 0.1) is 5.92 Å². The molecule has 38 heavy (non-hydrogen) atoms. The first-order valence-electron chi connectivity index (χ1n) is 13.7. The molecule has 1 aromatic carbocycles. The molecule has 3 atom stereocenters. The number of ether oxygens (including phenoxy) is 3. The van der Waals surface area contributed by atoms with E-state index in [2.05, 4.69) is 5.32 Å². The Balaban J connectivity index is 3.45. The number of carboxylic acid groups (broad SMARTS) is 1. The van der Waals surface area contributed by atoms with Gasteiger partial charge in [-0.25, -0.2) is 4.79 Å². The Morgan fingerprint density at radius 2 is 1.45 bits per heavy atom. The summed E-state index contributed by atoms with van der Waals surface area (Å²) in [6.45, 7) is 13.0. The second-order valence-electron chi connectivity index (χ2n) is 10.2. The number of carbonyl (C=O) groups is 4. The van der Waals surface area contributed by atoms with E-state index in [0.29, 0.717) is 24.8 Å². The molecule has 0 amide bonds. The van der Waals surface area contributed by atoms with Crippen molar-refractivity contribution in [3.05, 3.63) is 23.8 Å². The molecule has 0 aromatic heterocycles. The number of carbonyl (C=O) groups excluding carboxylic acids is 3. The summed E-state index contributed by atoms with van der Waals surface area (Å²) in [5.74, 6) is -3.42. The predicted molar refractivity (Wildman–Crippen MR) is 144 cm³/mol. The van der Waals surface area contributed by atoms with Crippen LogP contribution < -0.4 is 14.8 Å². The van der Waals surface area contributed by atoms with Crippen LogP contribution in [-0.2, 0) is 30.3 Å². The molecule has 0 spiro atoms. The fourth-order valence-electron chi connectivity index (χ4n) is 3.44. The van der Waals surface area contributed by atoms with E-state index >= 15 is 0 Å². The van der Waals surface area contributed by atoms with Crippen LogP contribution in [0.15, 0.2) is 18.2 Å². The third-order valence-electron chi connectivity index (χ3n) is 6.46. The van der Waals surface area contributed by atoms with Gasteiger partial charge in [0.2, 0.25) is 0 Å². The first-order valence-corrected chi connectivity index (χ1v) is 13.7. The Morgan fingerprint density at radius 3 is 1.92 bits per heavy atom. The molecule has 0 fully saturated rings. The van der Waals surface area contributed by atoms with E-state index in [1.54, 1.807) is 19.9 Å². The molecule has 1 rings (SSSR count). The molecule has 2 unspecified atom stereocenters. The maximum absolute atomic E-state index is 12.9. The van der Waals surface area contributed by atoms with Gasteiger partial charge in [0.25, 0.3) is 5.72 Å². The third kappa shape index (κ3) is 10.4. The zero-order chi connectivity index (χ0) is 28.9. The van der Waals surface area contributed by atoms with Gasteiger partial charge in [-0.15, -0.1) is 0 Å². The first-order chi connectivity index (χ1) is 17.9. The number of esters is 3. The highest BCUT2D eigenvalue weighted by Gasteiger charge is 2.45. The lowest BCUT2D eigenvalue weighted by molar-refractivity contribution is -0.188. The standard InChI is InChI=1S/C29H45NO8/c1-8-11-13-25(31)36-23-16-15-22(17-24(23)37-26(32)14-12-9-2)18-29(28(34)35,30-20(6)10-3)38-27(33)21(7)19(4)5/h15-17,19-21,30H,8-14,18H2,1-7H3,(H,34,35)/t20?,21?,29-/m0/s1. The van der Waals surface area contributed by atoms with Crippen molar-refractivity contribution < 1.29 is 38.5 Å². The van der Waals surface area contributed by atoms with Crippen molar-refractivity contribution in [3.8, 4) is 11.5 Å². The van der Waals surface area contributed by atoms with Crippen molar-refractivity contribution in [1.29, 1.82) is 0 Å². The SMILES string of the molecule is CCCCC(=O)Oc1ccc(C[C@](NC(C)CC)(OC(=O)C(C)C(C)C)C(=O)O)cc1OC(=O)CCCC. The predicted octanol–water partition coefficient (Wildman–Crippen LogP) is 5.42. The highest BCUT2D eigenvalue weighted by Crippen LogP contribution is 2.32. The van der Waals surface area contributed by atoms with Crippen LogP contribution in [0.4, 0.5) is 0 Å². The van der Waals surface area contributed by atoms with Crippen LogP contribution in [0.2, 0.25) is 0 Å². The molecule has 9 heteroatoms. The number of carboxylic acids is 1. The average molecular weight is 536 g/mol. The Labute approximate surface area is 226 Å². The fourth-order valence-corrected chi connectivity index (χ4v) is 3.44. The average Bonchev–Trinajstić information content (AvgIpc) is 2.86. The molecule has 1 aromatic rings. The highest BCUT2D eigenvalue weighted by atomic mass is 16.6. The molecular formula is C29H45NO8. The van der Waals surface area contributed by atoms with Crippen LogP contribution in [0.1, 0.15) is 99.0 Å². The zero-order valence-corrected chi connectivity index (χ0v) is 23.9. The van der Waals surface area contributed by atoms with Crippen LogP contribution in [0.5, 0.6) is 11.5 Å². The second kappa shape index (κ2) is 16.1. The first kappa shape index (κ1) is 33.1. The maximum atomic E-state index is 12.9. The van der Waals surface area contributed by atoms with Crippen LogP contribution in [0.25, 0.3) is 0 Å². The topological polar surface area (TPSA) is 128 Å². The Kier molecular flexibility index (Phi) is 14.0. The van der Waals surface area contributed by atoms with E-state index < -0.39 is 35.5 Å². The summed E-state index contributed by atoms with van der Waals surface area (Å²) in [4.78, 5) is 50.2. The molecule has 0 bridgehead atoms. The van der Waals surface area contributed by atoms with Gasteiger partial charge in [-0.05, 0) is 49.8 Å². The van der Waals surface area contributed by atoms with Crippen molar-refractivity contribution in [2.45, 2.75) is 112 Å². The summed E-state index contributed by atoms with van der Waals surface area (Å²) in [6, 6.07) is 4.22. The summed E-state index contributed by atoms with van der Waals surface area (Å²) in [5.41, 5.74) is -1.64. The van der Waals surface area contributed by atoms with Gasteiger partial charge in [0, 0.05) is 25.3 Å². The van der Waals surface area contributed by atoms with E-state index in [9.17, 15) is 24.3 Å². The summed E-state index contributed by atoms with van der Waals surface area (Å²) < 4.78 is 16.7. The molecule has 0 aliphatic rings. The number of aliphatic carboxylic acids is 1. The molecule has 9 nitrogen and oxygen atoms in total. The monoisotopic (exact) mass is 535 g/mol. The van der Waals surface area contributed by atoms with E-state index in [0.717, 1.165) is 12.8 Å². The van der Waals surface area contributed by atoms with E-state index in [1.807, 2.05) is 34.6 Å². The molecular weight excluding hydrogens is 490 g/mol. The van der Waals surface area contributed by atoms with E-state index in [1.165, 1.54) is 12.1 Å². The van der Waals surface area contributed by atoms with Crippen molar-refractivity contribution >= 4 is 23.9 Å². The smallest absolute Gasteiger partial charge is 0.364 e. The highest BCUT2D eigenvalue weighted by molar-refractivity contribution is 5.83. The molecule has 0 aliphatic heterocycles. The van der Waals surface area contributed by atoms with Gasteiger partial charge < -0.3 is 19.3 Å². The Hall–Kier alpha value is -2.94. The Morgan fingerprint density at radius 1 is 0.895 bits per heavy atom. The lowest BCUT2D eigenvalue weighted by Gasteiger charge is -2.34. The summed E-state index contributed by atoms with van der Waals surface area (Å²) in [6.07, 6.45) is 3.67.